The summed E-state index contributed by atoms with van der Waals surface area (Å²) in [5.41, 5.74) is 4.43. The fourth-order valence-corrected chi connectivity index (χ4v) is 5.29. The molecule has 3 nitrogen and oxygen atoms in total. The van der Waals surface area contributed by atoms with E-state index in [1.807, 2.05) is 0 Å². The number of piperidine rings is 1. The van der Waals surface area contributed by atoms with Crippen molar-refractivity contribution in [2.24, 2.45) is 5.92 Å². The summed E-state index contributed by atoms with van der Waals surface area (Å²) in [6, 6.07) is 17.8. The molecule has 2 aliphatic rings. The number of likely N-dealkylation sites (tertiary alicyclic amines) is 1. The lowest BCUT2D eigenvalue weighted by molar-refractivity contribution is 0.0122. The van der Waals surface area contributed by atoms with E-state index < -0.39 is 0 Å². The Balaban J connectivity index is 1.56. The molecule has 0 amide bonds. The van der Waals surface area contributed by atoms with Crippen LogP contribution in [0.2, 0.25) is 0 Å². The van der Waals surface area contributed by atoms with Crippen molar-refractivity contribution in [3.63, 3.8) is 0 Å². The third kappa shape index (κ3) is 3.39. The van der Waals surface area contributed by atoms with Gasteiger partial charge in [-0.15, -0.1) is 0 Å². The van der Waals surface area contributed by atoms with Crippen LogP contribution in [0.5, 0.6) is 5.75 Å². The van der Waals surface area contributed by atoms with Gasteiger partial charge in [-0.25, -0.2) is 0 Å². The molecule has 27 heavy (non-hydrogen) atoms. The van der Waals surface area contributed by atoms with Crippen molar-refractivity contribution in [1.29, 1.82) is 0 Å². The molecule has 0 aromatic heterocycles. The Bertz CT molecular complexity index is 775. The molecular weight excluding hydrogens is 334 g/mol. The summed E-state index contributed by atoms with van der Waals surface area (Å²) in [6.45, 7) is 5.09. The van der Waals surface area contributed by atoms with E-state index in [2.05, 4.69) is 67.4 Å². The second-order valence-corrected chi connectivity index (χ2v) is 8.26. The number of hydrogen-bond acceptors (Lipinski definition) is 3. The molecule has 0 unspecified atom stereocenters. The van der Waals surface area contributed by atoms with Crippen LogP contribution in [0.4, 0.5) is 0 Å². The van der Waals surface area contributed by atoms with Gasteiger partial charge in [0.2, 0.25) is 0 Å². The van der Waals surface area contributed by atoms with Gasteiger partial charge in [0.05, 0.1) is 13.7 Å². The van der Waals surface area contributed by atoms with Crippen molar-refractivity contribution in [3.05, 3.63) is 65.2 Å². The smallest absolute Gasteiger partial charge is 0.119 e. The van der Waals surface area contributed by atoms with E-state index in [4.69, 9.17) is 9.47 Å². The zero-order chi connectivity index (χ0) is 18.9. The van der Waals surface area contributed by atoms with Crippen LogP contribution in [-0.2, 0) is 23.2 Å². The minimum Gasteiger partial charge on any atom is -0.497 e. The van der Waals surface area contributed by atoms with Gasteiger partial charge in [-0.2, -0.15) is 0 Å². The van der Waals surface area contributed by atoms with Gasteiger partial charge in [0.1, 0.15) is 5.75 Å². The SMILES string of the molecule is COc1ccc2c(c1)[C@@]1(CCOCc3ccccc3)CCN(C)[C@H](C2)[C@@H]1C. The van der Waals surface area contributed by atoms with Crippen molar-refractivity contribution in [2.45, 2.75) is 44.2 Å². The van der Waals surface area contributed by atoms with Gasteiger partial charge in [0.15, 0.2) is 0 Å². The molecule has 0 N–H and O–H groups in total. The van der Waals surface area contributed by atoms with Gasteiger partial charge in [-0.1, -0.05) is 43.3 Å². The first-order valence-electron chi connectivity index (χ1n) is 10.1. The third-order valence-electron chi connectivity index (χ3n) is 7.01. The average molecular weight is 366 g/mol. The van der Waals surface area contributed by atoms with E-state index >= 15 is 0 Å². The number of rotatable bonds is 6. The Morgan fingerprint density at radius 2 is 1.96 bits per heavy atom. The maximum atomic E-state index is 6.11. The van der Waals surface area contributed by atoms with Gasteiger partial charge in [0.25, 0.3) is 0 Å². The van der Waals surface area contributed by atoms with E-state index in [0.29, 0.717) is 18.6 Å². The average Bonchev–Trinajstić information content (AvgIpc) is 2.70. The van der Waals surface area contributed by atoms with Gasteiger partial charge in [-0.3, -0.25) is 0 Å². The van der Waals surface area contributed by atoms with Crippen molar-refractivity contribution in [2.75, 3.05) is 27.3 Å². The fourth-order valence-electron chi connectivity index (χ4n) is 5.29. The Kier molecular flexibility index (Phi) is 5.25. The van der Waals surface area contributed by atoms with Gasteiger partial charge >= 0.3 is 0 Å². The molecule has 0 spiro atoms. The van der Waals surface area contributed by atoms with Crippen molar-refractivity contribution >= 4 is 0 Å². The summed E-state index contributed by atoms with van der Waals surface area (Å²) < 4.78 is 11.7. The van der Waals surface area contributed by atoms with Crippen LogP contribution in [0.3, 0.4) is 0 Å². The maximum absolute atomic E-state index is 6.11. The van der Waals surface area contributed by atoms with Crippen molar-refractivity contribution in [1.82, 2.24) is 4.90 Å². The number of benzene rings is 2. The van der Waals surface area contributed by atoms with Crippen LogP contribution in [-0.4, -0.2) is 38.3 Å². The van der Waals surface area contributed by atoms with Gasteiger partial charge < -0.3 is 14.4 Å². The lowest BCUT2D eigenvalue weighted by Crippen LogP contribution is -2.58. The van der Waals surface area contributed by atoms with Crippen LogP contribution in [0.25, 0.3) is 0 Å². The molecule has 0 saturated carbocycles. The summed E-state index contributed by atoms with van der Waals surface area (Å²) in [6.07, 6.45) is 3.41. The predicted octanol–water partition coefficient (Wildman–Crippen LogP) is 4.44. The molecule has 1 aliphatic heterocycles. The lowest BCUT2D eigenvalue weighted by Gasteiger charge is -2.55. The molecule has 1 saturated heterocycles. The second-order valence-electron chi connectivity index (χ2n) is 8.26. The third-order valence-corrected chi connectivity index (χ3v) is 7.01. The summed E-state index contributed by atoms with van der Waals surface area (Å²) in [5, 5.41) is 0. The van der Waals surface area contributed by atoms with Crippen LogP contribution in [0.15, 0.2) is 48.5 Å². The Morgan fingerprint density at radius 1 is 1.15 bits per heavy atom. The quantitative estimate of drug-likeness (QED) is 0.707. The number of ether oxygens (including phenoxy) is 2. The topological polar surface area (TPSA) is 21.7 Å². The molecular formula is C24H31NO2. The minimum atomic E-state index is 0.190. The Hall–Kier alpha value is -1.84. The molecule has 1 fully saturated rings. The highest BCUT2D eigenvalue weighted by molar-refractivity contribution is 5.45. The molecule has 3 atom stereocenters. The highest BCUT2D eigenvalue weighted by atomic mass is 16.5. The normalized spacial score (nSPS) is 27.2. The second kappa shape index (κ2) is 7.65. The number of nitrogens with zero attached hydrogens (tertiary/aromatic N) is 1. The standard InChI is InChI=1S/C24H31NO2/c1-18-23-15-20-9-10-21(26-3)16-22(20)24(18,11-13-25(23)2)12-14-27-17-19-7-5-4-6-8-19/h4-10,16,18,23H,11-15,17H2,1-3H3/t18-,23+,24+/m0/s1. The fraction of sp³-hybridized carbons (Fsp3) is 0.500. The molecule has 1 aliphatic carbocycles. The summed E-state index contributed by atoms with van der Waals surface area (Å²) in [5.74, 6) is 1.60. The molecule has 2 aromatic rings. The van der Waals surface area contributed by atoms with E-state index in [0.717, 1.165) is 31.7 Å². The molecule has 3 heteroatoms. The van der Waals surface area contributed by atoms with Crippen molar-refractivity contribution in [3.8, 4) is 5.75 Å². The maximum Gasteiger partial charge on any atom is 0.119 e. The van der Waals surface area contributed by atoms with Gasteiger partial charge in [-0.05, 0) is 67.6 Å². The summed E-state index contributed by atoms with van der Waals surface area (Å²) in [4.78, 5) is 2.56. The Morgan fingerprint density at radius 3 is 2.74 bits per heavy atom. The molecule has 144 valence electrons. The number of hydrogen-bond donors (Lipinski definition) is 0. The molecule has 4 rings (SSSR count). The monoisotopic (exact) mass is 365 g/mol. The summed E-state index contributed by atoms with van der Waals surface area (Å²) in [7, 11) is 4.05. The number of methoxy groups -OCH3 is 1. The van der Waals surface area contributed by atoms with E-state index in [1.54, 1.807) is 7.11 Å². The van der Waals surface area contributed by atoms with Crippen LogP contribution >= 0.6 is 0 Å². The van der Waals surface area contributed by atoms with E-state index in [-0.39, 0.29) is 5.41 Å². The van der Waals surface area contributed by atoms with Crippen molar-refractivity contribution < 1.29 is 9.47 Å². The lowest BCUT2D eigenvalue weighted by atomic mass is 9.56. The highest BCUT2D eigenvalue weighted by Crippen LogP contribution is 2.51. The first kappa shape index (κ1) is 18.5. The minimum absolute atomic E-state index is 0.190. The highest BCUT2D eigenvalue weighted by Gasteiger charge is 2.50. The molecule has 2 aromatic carbocycles. The largest absolute Gasteiger partial charge is 0.497 e. The first-order chi connectivity index (χ1) is 13.1. The van der Waals surface area contributed by atoms with Crippen LogP contribution in [0.1, 0.15) is 36.5 Å². The first-order valence-corrected chi connectivity index (χ1v) is 10.1. The number of likely N-dealkylation sites (N-methyl/N-ethyl adjacent to an activating group) is 1. The Labute approximate surface area is 163 Å². The molecule has 1 heterocycles. The zero-order valence-electron chi connectivity index (χ0n) is 16.8. The number of fused-ring (bicyclic) bond motifs is 4. The molecule has 0 radical (unpaired) electrons. The summed E-state index contributed by atoms with van der Waals surface area (Å²) >= 11 is 0. The molecule has 2 bridgehead atoms. The van der Waals surface area contributed by atoms with E-state index in [1.165, 1.54) is 23.1 Å². The predicted molar refractivity (Wildman–Crippen MR) is 109 cm³/mol. The zero-order valence-corrected chi connectivity index (χ0v) is 16.8. The van der Waals surface area contributed by atoms with Crippen LogP contribution < -0.4 is 4.74 Å². The van der Waals surface area contributed by atoms with Gasteiger partial charge in [0, 0.05) is 18.1 Å². The van der Waals surface area contributed by atoms with Crippen LogP contribution in [0, 0.1) is 5.92 Å². The van der Waals surface area contributed by atoms with E-state index in [9.17, 15) is 0 Å².